The minimum atomic E-state index is 0.676. The Morgan fingerprint density at radius 3 is 2.32 bits per heavy atom. The van der Waals surface area contributed by atoms with Crippen LogP contribution in [-0.4, -0.2) is 41.1 Å². The summed E-state index contributed by atoms with van der Waals surface area (Å²) in [6, 6.07) is 6.06. The highest BCUT2D eigenvalue weighted by molar-refractivity contribution is 5.59. The zero-order valence-corrected chi connectivity index (χ0v) is 12.8. The predicted molar refractivity (Wildman–Crippen MR) is 84.9 cm³/mol. The molecule has 6 nitrogen and oxygen atoms in total. The molecule has 0 unspecified atom stereocenters. The van der Waals surface area contributed by atoms with Gasteiger partial charge >= 0.3 is 0 Å². The van der Waals surface area contributed by atoms with Crippen LogP contribution < -0.4 is 9.80 Å². The highest BCUT2D eigenvalue weighted by Crippen LogP contribution is 2.23. The van der Waals surface area contributed by atoms with E-state index in [9.17, 15) is 5.26 Å². The topological polar surface area (TPSA) is 68.9 Å². The molecule has 22 heavy (non-hydrogen) atoms. The van der Waals surface area contributed by atoms with E-state index in [0.717, 1.165) is 49.2 Å². The van der Waals surface area contributed by atoms with Gasteiger partial charge in [0.1, 0.15) is 11.9 Å². The van der Waals surface area contributed by atoms with Crippen molar-refractivity contribution in [1.29, 1.82) is 5.26 Å². The fourth-order valence-corrected chi connectivity index (χ4v) is 2.76. The molecular weight excluding hydrogens is 276 g/mol. The Balaban J connectivity index is 1.79. The summed E-state index contributed by atoms with van der Waals surface area (Å²) in [4.78, 5) is 17.5. The second-order valence-electron chi connectivity index (χ2n) is 5.41. The van der Waals surface area contributed by atoms with E-state index < -0.39 is 0 Å². The molecule has 0 atom stereocenters. The molecule has 0 saturated carbocycles. The lowest BCUT2D eigenvalue weighted by Gasteiger charge is -2.35. The van der Waals surface area contributed by atoms with E-state index in [-0.39, 0.29) is 0 Å². The Bertz CT molecular complexity index is 699. The number of nitrogens with zero attached hydrogens (tertiary/aromatic N) is 6. The summed E-state index contributed by atoms with van der Waals surface area (Å²) in [5.74, 6) is 1.56. The van der Waals surface area contributed by atoms with Gasteiger partial charge in [-0.25, -0.2) is 15.0 Å². The van der Waals surface area contributed by atoms with E-state index in [4.69, 9.17) is 0 Å². The summed E-state index contributed by atoms with van der Waals surface area (Å²) in [6.45, 7) is 7.19. The van der Waals surface area contributed by atoms with E-state index in [0.29, 0.717) is 5.56 Å². The quantitative estimate of drug-likeness (QED) is 0.839. The second-order valence-corrected chi connectivity index (χ2v) is 5.41. The van der Waals surface area contributed by atoms with Crippen LogP contribution in [0.15, 0.2) is 24.5 Å². The maximum Gasteiger partial charge on any atom is 0.225 e. The molecule has 1 aliphatic rings. The fraction of sp³-hybridized carbons (Fsp3) is 0.375. The van der Waals surface area contributed by atoms with Crippen molar-refractivity contribution in [1.82, 2.24) is 15.0 Å². The van der Waals surface area contributed by atoms with Crippen LogP contribution in [0.4, 0.5) is 11.8 Å². The largest absolute Gasteiger partial charge is 0.352 e. The molecule has 0 spiro atoms. The summed E-state index contributed by atoms with van der Waals surface area (Å²) >= 11 is 0. The van der Waals surface area contributed by atoms with Crippen LogP contribution in [0.2, 0.25) is 0 Å². The fourth-order valence-electron chi connectivity index (χ4n) is 2.76. The summed E-state index contributed by atoms with van der Waals surface area (Å²) in [6.07, 6.45) is 3.52. The van der Waals surface area contributed by atoms with E-state index >= 15 is 0 Å². The maximum absolute atomic E-state index is 9.40. The van der Waals surface area contributed by atoms with Gasteiger partial charge in [-0.05, 0) is 31.5 Å². The summed E-state index contributed by atoms with van der Waals surface area (Å²) in [5.41, 5.74) is 2.61. The molecule has 2 aromatic heterocycles. The van der Waals surface area contributed by atoms with Gasteiger partial charge in [-0.3, -0.25) is 0 Å². The van der Waals surface area contributed by atoms with E-state index in [1.165, 1.54) is 0 Å². The normalized spacial score (nSPS) is 14.8. The number of rotatable bonds is 2. The Kier molecular flexibility index (Phi) is 3.88. The Morgan fingerprint density at radius 1 is 1.05 bits per heavy atom. The second kappa shape index (κ2) is 5.98. The molecule has 1 saturated heterocycles. The predicted octanol–water partition coefficient (Wildman–Crippen LogP) is 1.69. The van der Waals surface area contributed by atoms with Crippen molar-refractivity contribution in [2.45, 2.75) is 13.8 Å². The molecule has 0 radical (unpaired) electrons. The number of aryl methyl sites for hydroxylation is 2. The average Bonchev–Trinajstić information content (AvgIpc) is 2.55. The Morgan fingerprint density at radius 2 is 1.68 bits per heavy atom. The van der Waals surface area contributed by atoms with Crippen LogP contribution in [0.25, 0.3) is 0 Å². The Hall–Kier alpha value is -2.68. The first-order valence-corrected chi connectivity index (χ1v) is 7.34. The maximum atomic E-state index is 9.40. The molecule has 1 fully saturated rings. The highest BCUT2D eigenvalue weighted by atomic mass is 15.3. The highest BCUT2D eigenvalue weighted by Gasteiger charge is 2.22. The van der Waals surface area contributed by atoms with Gasteiger partial charge in [0.15, 0.2) is 0 Å². The number of pyridine rings is 1. The number of aromatic nitrogens is 3. The molecule has 1 aliphatic heterocycles. The van der Waals surface area contributed by atoms with Crippen molar-refractivity contribution >= 4 is 11.8 Å². The summed E-state index contributed by atoms with van der Waals surface area (Å²) in [5, 5.41) is 9.40. The molecule has 0 amide bonds. The number of hydrogen-bond donors (Lipinski definition) is 0. The Labute approximate surface area is 130 Å². The molecule has 3 heterocycles. The third-order valence-electron chi connectivity index (χ3n) is 3.85. The van der Waals surface area contributed by atoms with E-state index in [2.05, 4.69) is 30.8 Å². The van der Waals surface area contributed by atoms with Crippen LogP contribution in [0.3, 0.4) is 0 Å². The lowest BCUT2D eigenvalue weighted by atomic mass is 10.1. The van der Waals surface area contributed by atoms with Crippen LogP contribution >= 0.6 is 0 Å². The van der Waals surface area contributed by atoms with Gasteiger partial charge in [-0.15, -0.1) is 0 Å². The molecule has 0 N–H and O–H groups in total. The van der Waals surface area contributed by atoms with Crippen molar-refractivity contribution in [2.75, 3.05) is 36.0 Å². The third-order valence-corrected chi connectivity index (χ3v) is 3.85. The SMILES string of the molecule is Cc1cc(C)c(C#N)c(N2CCN(c3ncccn3)CC2)n1. The first-order chi connectivity index (χ1) is 10.7. The van der Waals surface area contributed by atoms with Crippen LogP contribution in [-0.2, 0) is 0 Å². The first-order valence-electron chi connectivity index (χ1n) is 7.34. The van der Waals surface area contributed by atoms with Gasteiger partial charge in [-0.2, -0.15) is 5.26 Å². The number of piperazine rings is 1. The lowest BCUT2D eigenvalue weighted by Crippen LogP contribution is -2.47. The third kappa shape index (κ3) is 2.70. The molecule has 0 aliphatic carbocycles. The zero-order valence-electron chi connectivity index (χ0n) is 12.8. The summed E-state index contributed by atoms with van der Waals surface area (Å²) in [7, 11) is 0. The van der Waals surface area contributed by atoms with Crippen molar-refractivity contribution in [3.63, 3.8) is 0 Å². The first kappa shape index (κ1) is 14.3. The molecule has 112 valence electrons. The molecule has 0 aromatic carbocycles. The van der Waals surface area contributed by atoms with Crippen molar-refractivity contribution in [2.24, 2.45) is 0 Å². The van der Waals surface area contributed by atoms with Gasteiger partial charge < -0.3 is 9.80 Å². The lowest BCUT2D eigenvalue weighted by molar-refractivity contribution is 0.633. The average molecular weight is 294 g/mol. The molecular formula is C16H18N6. The van der Waals surface area contributed by atoms with Crippen molar-refractivity contribution in [3.05, 3.63) is 41.3 Å². The van der Waals surface area contributed by atoms with E-state index in [1.807, 2.05) is 26.0 Å². The number of nitriles is 1. The minimum Gasteiger partial charge on any atom is -0.352 e. The molecule has 3 rings (SSSR count). The van der Waals surface area contributed by atoms with Crippen LogP contribution in [0.5, 0.6) is 0 Å². The monoisotopic (exact) mass is 294 g/mol. The smallest absolute Gasteiger partial charge is 0.225 e. The van der Waals surface area contributed by atoms with Crippen LogP contribution in [0, 0.1) is 25.2 Å². The standard InChI is InChI=1S/C16H18N6/c1-12-10-13(2)20-15(14(12)11-17)21-6-8-22(9-7-21)16-18-4-3-5-19-16/h3-5,10H,6-9H2,1-2H3. The van der Waals surface area contributed by atoms with Crippen LogP contribution in [0.1, 0.15) is 16.8 Å². The van der Waals surface area contributed by atoms with Gasteiger partial charge in [0.25, 0.3) is 0 Å². The van der Waals surface area contributed by atoms with Gasteiger partial charge in [0.2, 0.25) is 5.95 Å². The number of anilines is 2. The zero-order chi connectivity index (χ0) is 15.5. The molecule has 2 aromatic rings. The van der Waals surface area contributed by atoms with Crippen molar-refractivity contribution in [3.8, 4) is 6.07 Å². The summed E-state index contributed by atoms with van der Waals surface area (Å²) < 4.78 is 0. The van der Waals surface area contributed by atoms with E-state index in [1.54, 1.807) is 12.4 Å². The minimum absolute atomic E-state index is 0.676. The number of hydrogen-bond acceptors (Lipinski definition) is 6. The molecule has 0 bridgehead atoms. The van der Waals surface area contributed by atoms with Gasteiger partial charge in [0.05, 0.1) is 5.56 Å². The van der Waals surface area contributed by atoms with Gasteiger partial charge in [-0.1, -0.05) is 0 Å². The van der Waals surface area contributed by atoms with Gasteiger partial charge in [0, 0.05) is 44.3 Å². The molecule has 6 heteroatoms. The van der Waals surface area contributed by atoms with Crippen molar-refractivity contribution < 1.29 is 0 Å².